The van der Waals surface area contributed by atoms with Gasteiger partial charge in [-0.2, -0.15) is 0 Å². The fourth-order valence-electron chi connectivity index (χ4n) is 2.81. The van der Waals surface area contributed by atoms with Gasteiger partial charge >= 0.3 is 0 Å². The molecule has 0 saturated heterocycles. The molecule has 7 nitrogen and oxygen atoms in total. The first-order valence-corrected chi connectivity index (χ1v) is 11.0. The lowest BCUT2D eigenvalue weighted by Gasteiger charge is -2.17. The van der Waals surface area contributed by atoms with Crippen LogP contribution in [0.15, 0.2) is 70.5 Å². The van der Waals surface area contributed by atoms with E-state index in [0.717, 1.165) is 11.1 Å². The minimum atomic E-state index is -3.88. The van der Waals surface area contributed by atoms with Gasteiger partial charge in [0.15, 0.2) is 0 Å². The fourth-order valence-corrected chi connectivity index (χ4v) is 4.61. The van der Waals surface area contributed by atoms with E-state index < -0.39 is 20.0 Å². The molecular formula is C18H19N3O4S2. The predicted molar refractivity (Wildman–Crippen MR) is 107 cm³/mol. The van der Waals surface area contributed by atoms with Crippen LogP contribution in [-0.4, -0.2) is 30.9 Å². The van der Waals surface area contributed by atoms with Crippen LogP contribution in [0.5, 0.6) is 0 Å². The van der Waals surface area contributed by atoms with Gasteiger partial charge in [0.05, 0.1) is 9.79 Å². The summed E-state index contributed by atoms with van der Waals surface area (Å²) in [4.78, 5) is 1.96. The van der Waals surface area contributed by atoms with E-state index >= 15 is 0 Å². The maximum Gasteiger partial charge on any atom is 0.262 e. The third-order valence-corrected chi connectivity index (χ3v) is 6.43. The van der Waals surface area contributed by atoms with Crippen LogP contribution in [0.1, 0.15) is 0 Å². The van der Waals surface area contributed by atoms with Crippen molar-refractivity contribution in [2.75, 3.05) is 23.7 Å². The Morgan fingerprint density at radius 3 is 2.00 bits per heavy atom. The summed E-state index contributed by atoms with van der Waals surface area (Å²) in [6.07, 6.45) is 0. The summed E-state index contributed by atoms with van der Waals surface area (Å²) in [6, 6.07) is 15.8. The van der Waals surface area contributed by atoms with E-state index in [9.17, 15) is 16.8 Å². The molecule has 3 N–H and O–H groups in total. The van der Waals surface area contributed by atoms with Crippen molar-refractivity contribution in [2.45, 2.75) is 9.79 Å². The highest BCUT2D eigenvalue weighted by Crippen LogP contribution is 2.31. The first kappa shape index (κ1) is 19.2. The molecule has 0 heterocycles. The fraction of sp³-hybridized carbons (Fsp3) is 0.111. The van der Waals surface area contributed by atoms with E-state index in [0.29, 0.717) is 5.39 Å². The average Bonchev–Trinajstić information content (AvgIpc) is 2.59. The Bertz CT molecular complexity index is 1200. The average molecular weight is 406 g/mol. The number of anilines is 2. The van der Waals surface area contributed by atoms with Crippen molar-refractivity contribution in [3.8, 4) is 0 Å². The topological polar surface area (TPSA) is 110 Å². The predicted octanol–water partition coefficient (Wildman–Crippen LogP) is 2.35. The van der Waals surface area contributed by atoms with Gasteiger partial charge in [-0.05, 0) is 36.4 Å². The van der Waals surface area contributed by atoms with Crippen LogP contribution < -0.4 is 14.8 Å². The van der Waals surface area contributed by atoms with Gasteiger partial charge in [-0.3, -0.25) is 4.72 Å². The molecule has 0 aliphatic heterocycles. The minimum absolute atomic E-state index is 0.0915. The van der Waals surface area contributed by atoms with Gasteiger partial charge in [0, 0.05) is 36.2 Å². The Labute approximate surface area is 158 Å². The highest BCUT2D eigenvalue weighted by atomic mass is 32.2. The van der Waals surface area contributed by atoms with Crippen LogP contribution in [0.3, 0.4) is 0 Å². The van der Waals surface area contributed by atoms with Gasteiger partial charge in [0.1, 0.15) is 0 Å². The molecule has 0 fully saturated rings. The van der Waals surface area contributed by atoms with Gasteiger partial charge in [-0.15, -0.1) is 0 Å². The quantitative estimate of drug-likeness (QED) is 0.677. The molecule has 142 valence electrons. The lowest BCUT2D eigenvalue weighted by molar-refractivity contribution is 0.597. The van der Waals surface area contributed by atoms with Crippen LogP contribution in [0.25, 0.3) is 10.8 Å². The summed E-state index contributed by atoms with van der Waals surface area (Å²) < 4.78 is 50.9. The molecule has 0 atom stereocenters. The lowest BCUT2D eigenvalue weighted by atomic mass is 10.1. The summed E-state index contributed by atoms with van der Waals surface area (Å²) in [6.45, 7) is 0. The second kappa shape index (κ2) is 6.84. The second-order valence-electron chi connectivity index (χ2n) is 6.20. The van der Waals surface area contributed by atoms with Crippen LogP contribution >= 0.6 is 0 Å². The number of sulfonamides is 2. The Morgan fingerprint density at radius 1 is 0.815 bits per heavy atom. The maximum absolute atomic E-state index is 12.9. The highest BCUT2D eigenvalue weighted by Gasteiger charge is 2.19. The highest BCUT2D eigenvalue weighted by molar-refractivity contribution is 7.93. The molecule has 0 unspecified atom stereocenters. The SMILES string of the molecule is CN(C)c1cccc2c(S(=O)(=O)Nc3ccc(S(N)(=O)=O)cc3)cccc12. The molecule has 0 bridgehead atoms. The summed E-state index contributed by atoms with van der Waals surface area (Å²) >= 11 is 0. The molecule has 3 rings (SSSR count). The van der Waals surface area contributed by atoms with Gasteiger partial charge in [0.2, 0.25) is 10.0 Å². The van der Waals surface area contributed by atoms with Gasteiger partial charge in [0.25, 0.3) is 10.0 Å². The zero-order valence-corrected chi connectivity index (χ0v) is 16.4. The van der Waals surface area contributed by atoms with Crippen molar-refractivity contribution in [3.63, 3.8) is 0 Å². The number of benzene rings is 3. The Balaban J connectivity index is 2.04. The smallest absolute Gasteiger partial charge is 0.262 e. The van der Waals surface area contributed by atoms with Crippen LogP contribution in [0.4, 0.5) is 11.4 Å². The molecular weight excluding hydrogens is 386 g/mol. The molecule has 27 heavy (non-hydrogen) atoms. The van der Waals surface area contributed by atoms with Gasteiger partial charge in [-0.25, -0.2) is 22.0 Å². The molecule has 0 aromatic heterocycles. The molecule has 0 radical (unpaired) electrons. The number of hydrogen-bond acceptors (Lipinski definition) is 5. The molecule has 3 aromatic carbocycles. The third-order valence-electron chi connectivity index (χ3n) is 4.07. The third kappa shape index (κ3) is 3.90. The first-order chi connectivity index (χ1) is 12.6. The van der Waals surface area contributed by atoms with Crippen LogP contribution in [0, 0.1) is 0 Å². The van der Waals surface area contributed by atoms with Crippen molar-refractivity contribution < 1.29 is 16.8 Å². The second-order valence-corrected chi connectivity index (χ2v) is 9.41. The molecule has 0 saturated carbocycles. The number of hydrogen-bond donors (Lipinski definition) is 2. The minimum Gasteiger partial charge on any atom is -0.377 e. The Kier molecular flexibility index (Phi) is 4.85. The molecule has 0 amide bonds. The van der Waals surface area contributed by atoms with Crippen molar-refractivity contribution >= 4 is 42.2 Å². The lowest BCUT2D eigenvalue weighted by Crippen LogP contribution is -2.15. The molecule has 3 aromatic rings. The van der Waals surface area contributed by atoms with Gasteiger partial charge in [-0.1, -0.05) is 24.3 Å². The van der Waals surface area contributed by atoms with E-state index in [1.807, 2.05) is 31.1 Å². The largest absolute Gasteiger partial charge is 0.377 e. The van der Waals surface area contributed by atoms with Crippen molar-refractivity contribution in [1.29, 1.82) is 0 Å². The first-order valence-electron chi connectivity index (χ1n) is 7.94. The molecule has 0 aliphatic carbocycles. The van der Waals surface area contributed by atoms with Crippen LogP contribution in [0.2, 0.25) is 0 Å². The van der Waals surface area contributed by atoms with E-state index in [2.05, 4.69) is 4.72 Å². The normalized spacial score (nSPS) is 12.1. The van der Waals surface area contributed by atoms with Crippen molar-refractivity contribution in [2.24, 2.45) is 5.14 Å². The zero-order valence-electron chi connectivity index (χ0n) is 14.7. The summed E-state index contributed by atoms with van der Waals surface area (Å²) in [5.41, 5.74) is 1.14. The maximum atomic E-state index is 12.9. The molecule has 0 aliphatic rings. The number of nitrogens with one attached hydrogen (secondary N) is 1. The number of rotatable bonds is 5. The zero-order chi connectivity index (χ0) is 19.8. The van der Waals surface area contributed by atoms with Crippen molar-refractivity contribution in [1.82, 2.24) is 0 Å². The number of primary sulfonamides is 1. The monoisotopic (exact) mass is 405 g/mol. The molecule has 0 spiro atoms. The number of nitrogens with zero attached hydrogens (tertiary/aromatic N) is 1. The van der Waals surface area contributed by atoms with E-state index in [1.165, 1.54) is 30.3 Å². The summed E-state index contributed by atoms with van der Waals surface area (Å²) in [5.74, 6) is 0. The van der Waals surface area contributed by atoms with Crippen LogP contribution in [-0.2, 0) is 20.0 Å². The standard InChI is InChI=1S/C18H19N3O4S2/c1-21(2)17-7-3-6-16-15(17)5-4-8-18(16)27(24,25)20-13-9-11-14(12-10-13)26(19,22)23/h3-12,20H,1-2H3,(H2,19,22,23). The van der Waals surface area contributed by atoms with Gasteiger partial charge < -0.3 is 4.90 Å². The molecule has 9 heteroatoms. The summed E-state index contributed by atoms with van der Waals surface area (Å²) in [7, 11) is -3.94. The number of fused-ring (bicyclic) bond motifs is 1. The van der Waals surface area contributed by atoms with E-state index in [1.54, 1.807) is 18.2 Å². The Hall–Kier alpha value is -2.62. The summed E-state index contributed by atoms with van der Waals surface area (Å²) in [5, 5.41) is 6.47. The number of nitrogens with two attached hydrogens (primary N) is 1. The van der Waals surface area contributed by atoms with E-state index in [-0.39, 0.29) is 15.5 Å². The Morgan fingerprint density at radius 2 is 1.41 bits per heavy atom. The van der Waals surface area contributed by atoms with Crippen molar-refractivity contribution in [3.05, 3.63) is 60.7 Å². The van der Waals surface area contributed by atoms with E-state index in [4.69, 9.17) is 5.14 Å².